The molecule has 3 heterocycles. The van der Waals surface area contributed by atoms with Gasteiger partial charge < -0.3 is 9.42 Å². The van der Waals surface area contributed by atoms with Gasteiger partial charge in [0.05, 0.1) is 6.54 Å². The lowest BCUT2D eigenvalue weighted by Crippen LogP contribution is -2.48. The molecule has 1 saturated heterocycles. The lowest BCUT2D eigenvalue weighted by Gasteiger charge is -2.35. The van der Waals surface area contributed by atoms with Crippen LogP contribution < -0.4 is 4.90 Å². The van der Waals surface area contributed by atoms with E-state index in [9.17, 15) is 0 Å². The summed E-state index contributed by atoms with van der Waals surface area (Å²) in [5.74, 6) is 1.72. The number of rotatable bonds is 7. The molecule has 7 nitrogen and oxygen atoms in total. The first-order valence-corrected chi connectivity index (χ1v) is 11.1. The summed E-state index contributed by atoms with van der Waals surface area (Å²) in [5, 5.41) is 6.76. The summed E-state index contributed by atoms with van der Waals surface area (Å²) >= 11 is 0. The second kappa shape index (κ2) is 9.46. The maximum atomic E-state index is 5.67. The Morgan fingerprint density at radius 1 is 0.938 bits per heavy atom. The first kappa shape index (κ1) is 20.6. The summed E-state index contributed by atoms with van der Waals surface area (Å²) in [6, 6.07) is 18.6. The third-order valence-electron chi connectivity index (χ3n) is 6.06. The number of likely N-dealkylation sites (N-methyl/N-ethyl adjacent to an activating group) is 1. The minimum atomic E-state index is 0.746. The molecule has 1 aliphatic heterocycles. The van der Waals surface area contributed by atoms with Crippen LogP contribution in [0, 0.1) is 0 Å². The molecular weight excluding hydrogens is 400 g/mol. The maximum Gasteiger partial charge on any atom is 0.225 e. The van der Waals surface area contributed by atoms with Crippen LogP contribution in [0.3, 0.4) is 0 Å². The van der Waals surface area contributed by atoms with Crippen molar-refractivity contribution in [1.29, 1.82) is 0 Å². The van der Waals surface area contributed by atoms with E-state index in [0.29, 0.717) is 0 Å². The summed E-state index contributed by atoms with van der Waals surface area (Å²) in [4.78, 5) is 15.8. The Hall–Kier alpha value is -3.29. The van der Waals surface area contributed by atoms with Gasteiger partial charge in [0.15, 0.2) is 5.76 Å². The Bertz CT molecular complexity index is 1150. The van der Waals surface area contributed by atoms with Crippen molar-refractivity contribution in [2.45, 2.75) is 6.54 Å². The Kier molecular flexibility index (Phi) is 6.09. The standard InChI is InChI=1S/C25H28N6O/c1-29(12-13-30-14-16-31(17-15-30)25-26-10-5-11-27-25)19-21-18-24(28-32-21)23-9-4-7-20-6-2-3-8-22(20)23/h2-11,18H,12-17,19H2,1H3. The van der Waals surface area contributed by atoms with Crippen molar-refractivity contribution >= 4 is 16.7 Å². The van der Waals surface area contributed by atoms with Crippen LogP contribution in [0.15, 0.2) is 71.5 Å². The molecule has 0 aliphatic carbocycles. The number of hydrogen-bond donors (Lipinski definition) is 0. The van der Waals surface area contributed by atoms with Crippen LogP contribution in [-0.2, 0) is 6.54 Å². The molecule has 0 saturated carbocycles. The number of anilines is 1. The Morgan fingerprint density at radius 3 is 2.56 bits per heavy atom. The maximum absolute atomic E-state index is 5.67. The van der Waals surface area contributed by atoms with Crippen molar-refractivity contribution in [2.75, 3.05) is 51.2 Å². The van der Waals surface area contributed by atoms with Gasteiger partial charge in [0, 0.05) is 63.3 Å². The van der Waals surface area contributed by atoms with Gasteiger partial charge in [-0.15, -0.1) is 0 Å². The largest absolute Gasteiger partial charge is 0.359 e. The lowest BCUT2D eigenvalue weighted by atomic mass is 10.0. The van der Waals surface area contributed by atoms with Gasteiger partial charge in [-0.1, -0.05) is 47.6 Å². The highest BCUT2D eigenvalue weighted by Crippen LogP contribution is 2.28. The van der Waals surface area contributed by atoms with Gasteiger partial charge in [-0.25, -0.2) is 9.97 Å². The second-order valence-electron chi connectivity index (χ2n) is 8.32. The van der Waals surface area contributed by atoms with Crippen LogP contribution >= 0.6 is 0 Å². The fourth-order valence-electron chi connectivity index (χ4n) is 4.25. The molecule has 1 aliphatic rings. The van der Waals surface area contributed by atoms with Crippen molar-refractivity contribution in [3.63, 3.8) is 0 Å². The average molecular weight is 429 g/mol. The molecule has 0 radical (unpaired) electrons. The lowest BCUT2D eigenvalue weighted by molar-refractivity contribution is 0.201. The first-order chi connectivity index (χ1) is 15.8. The number of benzene rings is 2. The monoisotopic (exact) mass is 428 g/mol. The van der Waals surface area contributed by atoms with Gasteiger partial charge in [-0.05, 0) is 23.9 Å². The zero-order valence-electron chi connectivity index (χ0n) is 18.4. The van der Waals surface area contributed by atoms with E-state index in [1.807, 2.05) is 6.07 Å². The predicted octanol–water partition coefficient (Wildman–Crippen LogP) is 3.54. The molecule has 5 rings (SSSR count). The Morgan fingerprint density at radius 2 is 1.72 bits per heavy atom. The summed E-state index contributed by atoms with van der Waals surface area (Å²) in [6.07, 6.45) is 3.61. The molecule has 0 bridgehead atoms. The van der Waals surface area contributed by atoms with Crippen molar-refractivity contribution in [1.82, 2.24) is 24.9 Å². The third-order valence-corrected chi connectivity index (χ3v) is 6.06. The Balaban J connectivity index is 1.13. The van der Waals surface area contributed by atoms with E-state index in [-0.39, 0.29) is 0 Å². The number of hydrogen-bond acceptors (Lipinski definition) is 7. The van der Waals surface area contributed by atoms with Crippen molar-refractivity contribution in [3.8, 4) is 11.3 Å². The second-order valence-corrected chi connectivity index (χ2v) is 8.32. The molecule has 2 aromatic carbocycles. The average Bonchev–Trinajstić information content (AvgIpc) is 3.31. The van der Waals surface area contributed by atoms with Crippen LogP contribution in [0.4, 0.5) is 5.95 Å². The molecule has 1 fully saturated rings. The van der Waals surface area contributed by atoms with E-state index in [1.165, 1.54) is 10.8 Å². The van der Waals surface area contributed by atoms with Crippen LogP contribution in [-0.4, -0.2) is 71.2 Å². The molecule has 7 heteroatoms. The van der Waals surface area contributed by atoms with Crippen molar-refractivity contribution in [2.24, 2.45) is 0 Å². The summed E-state index contributed by atoms with van der Waals surface area (Å²) in [5.41, 5.74) is 2.01. The van der Waals surface area contributed by atoms with Crippen LogP contribution in [0.1, 0.15) is 5.76 Å². The fourth-order valence-corrected chi connectivity index (χ4v) is 4.25. The molecular formula is C25H28N6O. The molecule has 0 spiro atoms. The van der Waals surface area contributed by atoms with E-state index in [4.69, 9.17) is 4.52 Å². The predicted molar refractivity (Wildman–Crippen MR) is 126 cm³/mol. The normalized spacial score (nSPS) is 15.0. The van der Waals surface area contributed by atoms with Crippen LogP contribution in [0.2, 0.25) is 0 Å². The summed E-state index contributed by atoms with van der Waals surface area (Å²) < 4.78 is 5.67. The fraction of sp³-hybridized carbons (Fsp3) is 0.320. The topological polar surface area (TPSA) is 61.5 Å². The minimum absolute atomic E-state index is 0.746. The van der Waals surface area contributed by atoms with Gasteiger partial charge in [0.2, 0.25) is 5.95 Å². The molecule has 0 amide bonds. The number of aromatic nitrogens is 3. The smallest absolute Gasteiger partial charge is 0.225 e. The highest BCUT2D eigenvalue weighted by molar-refractivity contribution is 5.95. The molecule has 0 N–H and O–H groups in total. The van der Waals surface area contributed by atoms with E-state index in [1.54, 1.807) is 12.4 Å². The summed E-state index contributed by atoms with van der Waals surface area (Å²) in [6.45, 7) is 6.74. The molecule has 2 aromatic heterocycles. The molecule has 4 aromatic rings. The minimum Gasteiger partial charge on any atom is -0.359 e. The van der Waals surface area contributed by atoms with Gasteiger partial charge in [0.25, 0.3) is 0 Å². The summed E-state index contributed by atoms with van der Waals surface area (Å²) in [7, 11) is 2.13. The zero-order chi connectivity index (χ0) is 21.8. The molecule has 0 atom stereocenters. The zero-order valence-corrected chi connectivity index (χ0v) is 18.4. The highest BCUT2D eigenvalue weighted by atomic mass is 16.5. The van der Waals surface area contributed by atoms with Gasteiger partial charge in [-0.3, -0.25) is 9.80 Å². The van der Waals surface area contributed by atoms with Crippen molar-refractivity contribution < 1.29 is 4.52 Å². The van der Waals surface area contributed by atoms with E-state index >= 15 is 0 Å². The highest BCUT2D eigenvalue weighted by Gasteiger charge is 2.19. The van der Waals surface area contributed by atoms with Gasteiger partial charge in [-0.2, -0.15) is 0 Å². The van der Waals surface area contributed by atoms with Crippen molar-refractivity contribution in [3.05, 3.63) is 72.8 Å². The quantitative estimate of drug-likeness (QED) is 0.446. The number of nitrogens with zero attached hydrogens (tertiary/aromatic N) is 6. The van der Waals surface area contributed by atoms with E-state index in [0.717, 1.165) is 68.8 Å². The van der Waals surface area contributed by atoms with E-state index < -0.39 is 0 Å². The SMILES string of the molecule is CN(CCN1CCN(c2ncccn2)CC1)Cc1cc(-c2cccc3ccccc23)no1. The molecule has 0 unspecified atom stereocenters. The van der Waals surface area contributed by atoms with Crippen LogP contribution in [0.5, 0.6) is 0 Å². The van der Waals surface area contributed by atoms with Gasteiger partial charge >= 0.3 is 0 Å². The van der Waals surface area contributed by atoms with Crippen LogP contribution in [0.25, 0.3) is 22.0 Å². The molecule has 32 heavy (non-hydrogen) atoms. The first-order valence-electron chi connectivity index (χ1n) is 11.1. The molecule has 164 valence electrons. The third kappa shape index (κ3) is 4.64. The van der Waals surface area contributed by atoms with Gasteiger partial charge in [0.1, 0.15) is 5.69 Å². The number of fused-ring (bicyclic) bond motifs is 1. The Labute approximate surface area is 188 Å². The van der Waals surface area contributed by atoms with E-state index in [2.05, 4.69) is 85.4 Å². The number of piperazine rings is 1.